The lowest BCUT2D eigenvalue weighted by molar-refractivity contribution is -0.560. The van der Waals surface area contributed by atoms with Crippen molar-refractivity contribution in [2.75, 3.05) is 0 Å². The number of hydrogen-bond donors (Lipinski definition) is 0. The molecular weight excluding hydrogens is 144 g/mol. The summed E-state index contributed by atoms with van der Waals surface area (Å²) in [5.41, 5.74) is 1.76. The van der Waals surface area contributed by atoms with E-state index in [0.717, 1.165) is 10.8 Å². The molecule has 0 amide bonds. The Bertz CT molecular complexity index is 264. The third kappa shape index (κ3) is 0.211. The summed E-state index contributed by atoms with van der Waals surface area (Å²) in [6.07, 6.45) is 3.22. The summed E-state index contributed by atoms with van der Waals surface area (Å²) in [6, 6.07) is 0. The minimum Gasteiger partial charge on any atom is -0.0585 e. The number of hydrogen-bond acceptors (Lipinski definition) is 0. The van der Waals surface area contributed by atoms with Crippen LogP contribution in [0.1, 0.15) is 26.7 Å². The maximum atomic E-state index is 2.60. The Hall–Kier alpha value is 0. The molecule has 0 aromatic rings. The van der Waals surface area contributed by atoms with Gasteiger partial charge in [0.1, 0.15) is 0 Å². The van der Waals surface area contributed by atoms with Gasteiger partial charge >= 0.3 is 0 Å². The second-order valence-corrected chi connectivity index (χ2v) is 6.57. The highest BCUT2D eigenvalue weighted by molar-refractivity contribution is 5.44. The molecule has 0 saturated heterocycles. The second kappa shape index (κ2) is 1.07. The normalized spacial score (nSPS) is 90.5. The van der Waals surface area contributed by atoms with Crippen LogP contribution in [-0.2, 0) is 0 Å². The Balaban J connectivity index is 1.80. The molecule has 0 heteroatoms. The molecule has 0 aromatic heterocycles. The van der Waals surface area contributed by atoms with Crippen molar-refractivity contribution in [3.05, 3.63) is 0 Å². The van der Waals surface area contributed by atoms with E-state index in [-0.39, 0.29) is 0 Å². The van der Waals surface area contributed by atoms with Gasteiger partial charge in [0.2, 0.25) is 0 Å². The average molecular weight is 160 g/mol. The third-order valence-corrected chi connectivity index (χ3v) is 7.38. The Labute approximate surface area is 73.7 Å². The van der Waals surface area contributed by atoms with Crippen LogP contribution in [0.5, 0.6) is 0 Å². The van der Waals surface area contributed by atoms with Crippen LogP contribution in [0.4, 0.5) is 0 Å². The Kier molecular flexibility index (Phi) is 0.508. The van der Waals surface area contributed by atoms with Gasteiger partial charge in [-0.15, -0.1) is 0 Å². The van der Waals surface area contributed by atoms with E-state index >= 15 is 0 Å². The lowest BCUT2D eigenvalue weighted by Crippen LogP contribution is -2.99. The Morgan fingerprint density at radius 1 is 0.750 bits per heavy atom. The van der Waals surface area contributed by atoms with E-state index in [1.165, 1.54) is 35.5 Å². The van der Waals surface area contributed by atoms with Crippen molar-refractivity contribution in [3.63, 3.8) is 0 Å². The summed E-state index contributed by atoms with van der Waals surface area (Å²) in [7, 11) is 0. The minimum absolute atomic E-state index is 0.879. The maximum Gasteiger partial charge on any atom is -0.0198 e. The molecule has 0 heterocycles. The third-order valence-electron chi connectivity index (χ3n) is 7.38. The second-order valence-electron chi connectivity index (χ2n) is 6.57. The van der Waals surface area contributed by atoms with Gasteiger partial charge < -0.3 is 0 Å². The van der Waals surface area contributed by atoms with Crippen LogP contribution in [0.25, 0.3) is 0 Å². The molecule has 2 bridgehead atoms. The van der Waals surface area contributed by atoms with Crippen LogP contribution in [0.3, 0.4) is 0 Å². The predicted molar refractivity (Wildman–Crippen MR) is 46.4 cm³/mol. The SMILES string of the molecule is CC12[C@@H]3C4CCC5[C@@H]3C1(C)[C@@H]5[C@@H]42. The van der Waals surface area contributed by atoms with Crippen LogP contribution in [0.15, 0.2) is 0 Å². The van der Waals surface area contributed by atoms with Gasteiger partial charge in [0.05, 0.1) is 0 Å². The zero-order valence-corrected chi connectivity index (χ0v) is 7.88. The van der Waals surface area contributed by atoms with Crippen molar-refractivity contribution in [1.82, 2.24) is 0 Å². The molecule has 6 aliphatic carbocycles. The number of rotatable bonds is 0. The monoisotopic (exact) mass is 160 g/mol. The summed E-state index contributed by atoms with van der Waals surface area (Å²) < 4.78 is 0. The van der Waals surface area contributed by atoms with Gasteiger partial charge in [0.25, 0.3) is 0 Å². The molecule has 0 spiro atoms. The molecule has 0 radical (unpaired) electrons. The fraction of sp³-hybridized carbons (Fsp3) is 1.00. The van der Waals surface area contributed by atoms with E-state index in [1.54, 1.807) is 12.8 Å². The first kappa shape index (κ1) is 5.67. The lowest BCUT2D eigenvalue weighted by atomic mass is 9.01. The van der Waals surface area contributed by atoms with Crippen LogP contribution in [0.2, 0.25) is 0 Å². The first-order valence-corrected chi connectivity index (χ1v) is 5.72. The van der Waals surface area contributed by atoms with Crippen molar-refractivity contribution in [1.29, 1.82) is 0 Å². The van der Waals surface area contributed by atoms with Crippen molar-refractivity contribution in [2.45, 2.75) is 26.7 Å². The highest BCUT2D eigenvalue weighted by atomic mass is 15.0. The van der Waals surface area contributed by atoms with Crippen molar-refractivity contribution in [2.24, 2.45) is 46.3 Å². The standard InChI is InChI=1S/C12H16/c1-11-7-5-3-4-6-9(7)12(11,2)10(6)8(5)11/h5-10H,3-4H2,1-2H3/t5?,6?,7-,8-,9+,10+,11?,12?. The van der Waals surface area contributed by atoms with Crippen molar-refractivity contribution >= 4 is 0 Å². The molecule has 6 aliphatic rings. The van der Waals surface area contributed by atoms with Gasteiger partial charge in [-0.2, -0.15) is 0 Å². The van der Waals surface area contributed by atoms with Gasteiger partial charge in [0.15, 0.2) is 0 Å². The van der Waals surface area contributed by atoms with E-state index in [0.29, 0.717) is 0 Å². The lowest BCUT2D eigenvalue weighted by Gasteiger charge is -3.03. The number of fused-ring (bicyclic) bond motifs is 1. The van der Waals surface area contributed by atoms with Gasteiger partial charge in [0, 0.05) is 0 Å². The Morgan fingerprint density at radius 2 is 1.08 bits per heavy atom. The molecule has 6 fully saturated rings. The molecule has 0 N–H and O–H groups in total. The molecule has 0 nitrogen and oxygen atoms in total. The van der Waals surface area contributed by atoms with Crippen LogP contribution >= 0.6 is 0 Å². The van der Waals surface area contributed by atoms with E-state index in [9.17, 15) is 0 Å². The molecular formula is C12H16. The largest absolute Gasteiger partial charge is 0.0585 e. The molecule has 4 atom stereocenters. The molecule has 64 valence electrons. The van der Waals surface area contributed by atoms with Gasteiger partial charge in [-0.3, -0.25) is 0 Å². The van der Waals surface area contributed by atoms with Crippen LogP contribution in [0, 0.1) is 46.3 Å². The van der Waals surface area contributed by atoms with E-state index in [2.05, 4.69) is 13.8 Å². The summed E-state index contributed by atoms with van der Waals surface area (Å²) in [4.78, 5) is 0. The van der Waals surface area contributed by atoms with Crippen LogP contribution < -0.4 is 0 Å². The minimum atomic E-state index is 0.879. The fourth-order valence-corrected chi connectivity index (χ4v) is 7.34. The molecule has 0 aliphatic heterocycles. The van der Waals surface area contributed by atoms with Crippen molar-refractivity contribution in [3.8, 4) is 0 Å². The quantitative estimate of drug-likeness (QED) is 0.511. The maximum absolute atomic E-state index is 2.60. The van der Waals surface area contributed by atoms with E-state index in [4.69, 9.17) is 0 Å². The summed E-state index contributed by atoms with van der Waals surface area (Å²) in [6.45, 7) is 5.21. The first-order chi connectivity index (χ1) is 5.72. The van der Waals surface area contributed by atoms with Gasteiger partial charge in [-0.05, 0) is 59.2 Å². The summed E-state index contributed by atoms with van der Waals surface area (Å²) >= 11 is 0. The van der Waals surface area contributed by atoms with E-state index < -0.39 is 0 Å². The first-order valence-electron chi connectivity index (χ1n) is 5.72. The zero-order chi connectivity index (χ0) is 7.88. The van der Waals surface area contributed by atoms with E-state index in [1.807, 2.05) is 0 Å². The predicted octanol–water partition coefficient (Wildman–Crippen LogP) is 2.54. The van der Waals surface area contributed by atoms with Crippen LogP contribution in [-0.4, -0.2) is 0 Å². The molecule has 6 rings (SSSR count). The molecule has 12 heavy (non-hydrogen) atoms. The molecule has 0 unspecified atom stereocenters. The Morgan fingerprint density at radius 3 is 1.42 bits per heavy atom. The summed E-state index contributed by atoms with van der Waals surface area (Å²) in [5, 5.41) is 0. The average Bonchev–Trinajstić information content (AvgIpc) is 2.14. The fourth-order valence-electron chi connectivity index (χ4n) is 7.34. The van der Waals surface area contributed by atoms with Gasteiger partial charge in [-0.25, -0.2) is 0 Å². The highest BCUT2D eigenvalue weighted by Gasteiger charge is 2.98. The smallest absolute Gasteiger partial charge is 0.0198 e. The molecule has 6 saturated carbocycles. The summed E-state index contributed by atoms with van der Waals surface area (Å²) in [5.74, 6) is 7.31. The van der Waals surface area contributed by atoms with Gasteiger partial charge in [-0.1, -0.05) is 13.8 Å². The zero-order valence-electron chi connectivity index (χ0n) is 7.88. The van der Waals surface area contributed by atoms with Crippen molar-refractivity contribution < 1.29 is 0 Å². The molecule has 0 aromatic carbocycles. The topological polar surface area (TPSA) is 0 Å². The highest BCUT2D eigenvalue weighted by Crippen LogP contribution is 3.02.